The highest BCUT2D eigenvalue weighted by molar-refractivity contribution is 5.78. The van der Waals surface area contributed by atoms with E-state index in [1.165, 1.54) is 11.2 Å². The van der Waals surface area contributed by atoms with Gasteiger partial charge in [0.25, 0.3) is 0 Å². The van der Waals surface area contributed by atoms with Gasteiger partial charge in [0, 0.05) is 26.0 Å². The van der Waals surface area contributed by atoms with Gasteiger partial charge < -0.3 is 15.0 Å². The molecule has 0 aromatic carbocycles. The molecule has 1 N–H and O–H groups in total. The van der Waals surface area contributed by atoms with E-state index < -0.39 is 16.5 Å². The Kier molecular flexibility index (Phi) is 6.80. The molecular weight excluding hydrogens is 364 g/mol. The van der Waals surface area contributed by atoms with E-state index in [0.717, 1.165) is 5.56 Å². The summed E-state index contributed by atoms with van der Waals surface area (Å²) >= 11 is 0. The largest absolute Gasteiger partial charge is 0.459 e. The summed E-state index contributed by atoms with van der Waals surface area (Å²) in [4.78, 5) is 36.5. The topological polar surface area (TPSA) is 123 Å². The van der Waals surface area contributed by atoms with Crippen LogP contribution in [0.1, 0.15) is 26.3 Å². The Bertz CT molecular complexity index is 823. The van der Waals surface area contributed by atoms with Gasteiger partial charge in [0.05, 0.1) is 4.92 Å². The van der Waals surface area contributed by atoms with E-state index in [-0.39, 0.29) is 23.9 Å². The first kappa shape index (κ1) is 21.0. The summed E-state index contributed by atoms with van der Waals surface area (Å²) in [6.07, 6.45) is 5.26. The molecule has 0 spiro atoms. The molecular formula is C18H24N6O4. The Balaban J connectivity index is 2.13. The number of nitro groups is 1. The van der Waals surface area contributed by atoms with Crippen LogP contribution in [0.4, 0.5) is 17.3 Å². The lowest BCUT2D eigenvalue weighted by Gasteiger charge is -2.23. The molecule has 0 radical (unpaired) electrons. The third-order valence-electron chi connectivity index (χ3n) is 3.56. The van der Waals surface area contributed by atoms with Crippen molar-refractivity contribution in [2.75, 3.05) is 30.4 Å². The first-order chi connectivity index (χ1) is 13.2. The normalized spacial score (nSPS) is 11.0. The first-order valence-electron chi connectivity index (χ1n) is 8.72. The molecule has 0 fully saturated rings. The SMILES string of the molecule is CN(CC(=O)OC(C)(C)C)c1ncnc(NCCc2cccnc2)c1[N+](=O)[O-]. The number of rotatable bonds is 8. The van der Waals surface area contributed by atoms with Crippen molar-refractivity contribution in [3.05, 3.63) is 46.5 Å². The van der Waals surface area contributed by atoms with Crippen LogP contribution in [0, 0.1) is 10.1 Å². The standard InChI is InChI=1S/C18H24N6O4/c1-18(2,3)28-14(25)11-23(4)17-15(24(26)27)16(21-12-22-17)20-9-7-13-6-5-8-19-10-13/h5-6,8,10,12H,7,9,11H2,1-4H3,(H,20,21,22). The number of hydrogen-bond acceptors (Lipinski definition) is 9. The fourth-order valence-electron chi connectivity index (χ4n) is 2.46. The summed E-state index contributed by atoms with van der Waals surface area (Å²) < 4.78 is 5.26. The van der Waals surface area contributed by atoms with E-state index in [1.54, 1.807) is 40.2 Å². The van der Waals surface area contributed by atoms with Gasteiger partial charge in [-0.1, -0.05) is 6.07 Å². The molecule has 150 valence electrons. The number of carbonyl (C=O) groups is 1. The molecule has 10 heteroatoms. The molecule has 0 bridgehead atoms. The fourth-order valence-corrected chi connectivity index (χ4v) is 2.46. The smallest absolute Gasteiger partial charge is 0.353 e. The number of carbonyl (C=O) groups excluding carboxylic acids is 1. The Morgan fingerprint density at radius 1 is 1.36 bits per heavy atom. The van der Waals surface area contributed by atoms with Gasteiger partial charge in [-0.3, -0.25) is 19.9 Å². The lowest BCUT2D eigenvalue weighted by molar-refractivity contribution is -0.383. The number of hydrogen-bond donors (Lipinski definition) is 1. The second kappa shape index (κ2) is 9.07. The minimum absolute atomic E-state index is 0.0368. The van der Waals surface area contributed by atoms with Gasteiger partial charge in [-0.2, -0.15) is 0 Å². The molecule has 0 unspecified atom stereocenters. The van der Waals surface area contributed by atoms with Crippen molar-refractivity contribution in [1.29, 1.82) is 0 Å². The molecule has 0 aliphatic carbocycles. The minimum atomic E-state index is -0.644. The van der Waals surface area contributed by atoms with Crippen LogP contribution in [0.25, 0.3) is 0 Å². The number of ether oxygens (including phenoxy) is 1. The second-order valence-corrected chi connectivity index (χ2v) is 7.13. The van der Waals surface area contributed by atoms with Crippen molar-refractivity contribution in [2.24, 2.45) is 0 Å². The number of anilines is 2. The molecule has 0 atom stereocenters. The van der Waals surface area contributed by atoms with Crippen LogP contribution in [0.15, 0.2) is 30.9 Å². The average Bonchev–Trinajstić information content (AvgIpc) is 2.60. The lowest BCUT2D eigenvalue weighted by atomic mass is 10.2. The molecule has 28 heavy (non-hydrogen) atoms. The van der Waals surface area contributed by atoms with Crippen LogP contribution in [0.5, 0.6) is 0 Å². The van der Waals surface area contributed by atoms with Crippen molar-refractivity contribution < 1.29 is 14.5 Å². The summed E-state index contributed by atoms with van der Waals surface area (Å²) in [7, 11) is 1.54. The highest BCUT2D eigenvalue weighted by atomic mass is 16.6. The minimum Gasteiger partial charge on any atom is -0.459 e. The molecule has 2 heterocycles. The maximum Gasteiger partial charge on any atom is 0.353 e. The zero-order chi connectivity index (χ0) is 20.7. The molecule has 0 saturated heterocycles. The summed E-state index contributed by atoms with van der Waals surface area (Å²) in [6, 6.07) is 3.75. The van der Waals surface area contributed by atoms with E-state index in [1.807, 2.05) is 12.1 Å². The Morgan fingerprint density at radius 2 is 2.11 bits per heavy atom. The van der Waals surface area contributed by atoms with E-state index in [2.05, 4.69) is 20.3 Å². The number of nitrogens with zero attached hydrogens (tertiary/aromatic N) is 5. The van der Waals surface area contributed by atoms with E-state index >= 15 is 0 Å². The maximum absolute atomic E-state index is 12.0. The highest BCUT2D eigenvalue weighted by Crippen LogP contribution is 2.31. The van der Waals surface area contributed by atoms with Crippen LogP contribution in [-0.2, 0) is 16.0 Å². The Morgan fingerprint density at radius 3 is 2.71 bits per heavy atom. The number of pyridine rings is 1. The van der Waals surface area contributed by atoms with Crippen molar-refractivity contribution in [1.82, 2.24) is 15.0 Å². The van der Waals surface area contributed by atoms with Gasteiger partial charge in [-0.05, 0) is 38.8 Å². The lowest BCUT2D eigenvalue weighted by Crippen LogP contribution is -2.33. The molecule has 0 aliphatic heterocycles. The molecule has 2 aromatic rings. The van der Waals surface area contributed by atoms with Crippen LogP contribution in [0.3, 0.4) is 0 Å². The Labute approximate surface area is 163 Å². The highest BCUT2D eigenvalue weighted by Gasteiger charge is 2.27. The van der Waals surface area contributed by atoms with Crippen molar-refractivity contribution in [3.8, 4) is 0 Å². The fraction of sp³-hybridized carbons (Fsp3) is 0.444. The van der Waals surface area contributed by atoms with Crippen molar-refractivity contribution in [2.45, 2.75) is 32.8 Å². The molecule has 10 nitrogen and oxygen atoms in total. The van der Waals surface area contributed by atoms with Gasteiger partial charge in [-0.15, -0.1) is 0 Å². The number of aromatic nitrogens is 3. The van der Waals surface area contributed by atoms with Crippen LogP contribution in [0.2, 0.25) is 0 Å². The van der Waals surface area contributed by atoms with Crippen molar-refractivity contribution >= 4 is 23.3 Å². The molecule has 0 saturated carbocycles. The predicted octanol–water partition coefficient (Wildman–Crippen LogP) is 2.21. The van der Waals surface area contributed by atoms with Gasteiger partial charge >= 0.3 is 11.7 Å². The third kappa shape index (κ3) is 6.15. The first-order valence-corrected chi connectivity index (χ1v) is 8.72. The van der Waals surface area contributed by atoms with Gasteiger partial charge in [0.15, 0.2) is 0 Å². The van der Waals surface area contributed by atoms with E-state index in [0.29, 0.717) is 13.0 Å². The third-order valence-corrected chi connectivity index (χ3v) is 3.56. The molecule has 0 amide bonds. The monoisotopic (exact) mass is 388 g/mol. The van der Waals surface area contributed by atoms with Gasteiger partial charge in [0.2, 0.25) is 11.6 Å². The van der Waals surface area contributed by atoms with Gasteiger partial charge in [-0.25, -0.2) is 9.97 Å². The number of likely N-dealkylation sites (N-methyl/N-ethyl adjacent to an activating group) is 1. The summed E-state index contributed by atoms with van der Waals surface area (Å²) in [5.41, 5.74) is 0.0582. The van der Waals surface area contributed by atoms with Crippen LogP contribution >= 0.6 is 0 Å². The Hall–Kier alpha value is -3.30. The second-order valence-electron chi connectivity index (χ2n) is 7.13. The zero-order valence-corrected chi connectivity index (χ0v) is 16.4. The average molecular weight is 388 g/mol. The maximum atomic E-state index is 12.0. The summed E-state index contributed by atoms with van der Waals surface area (Å²) in [6.45, 7) is 5.51. The molecule has 0 aliphatic rings. The van der Waals surface area contributed by atoms with E-state index in [4.69, 9.17) is 4.74 Å². The number of esters is 1. The van der Waals surface area contributed by atoms with Crippen LogP contribution in [-0.4, -0.2) is 51.6 Å². The quantitative estimate of drug-likeness (QED) is 0.412. The van der Waals surface area contributed by atoms with Gasteiger partial charge in [0.1, 0.15) is 18.5 Å². The predicted molar refractivity (Wildman–Crippen MR) is 104 cm³/mol. The van der Waals surface area contributed by atoms with Crippen LogP contribution < -0.4 is 10.2 Å². The zero-order valence-electron chi connectivity index (χ0n) is 16.4. The van der Waals surface area contributed by atoms with E-state index in [9.17, 15) is 14.9 Å². The number of nitrogens with one attached hydrogen (secondary N) is 1. The molecule has 2 aromatic heterocycles. The molecule has 2 rings (SSSR count). The summed E-state index contributed by atoms with van der Waals surface area (Å²) in [5, 5.41) is 14.6. The van der Waals surface area contributed by atoms with Crippen molar-refractivity contribution in [3.63, 3.8) is 0 Å². The summed E-state index contributed by atoms with van der Waals surface area (Å²) in [5.74, 6) is -0.376.